The van der Waals surface area contributed by atoms with E-state index in [1.807, 2.05) is 0 Å². The Bertz CT molecular complexity index is 620. The maximum absolute atomic E-state index is 12.1. The van der Waals surface area contributed by atoms with E-state index in [0.717, 1.165) is 0 Å². The zero-order valence-electron chi connectivity index (χ0n) is 15.1. The number of para-hydroxylation sites is 1. The molecule has 1 aromatic carbocycles. The van der Waals surface area contributed by atoms with Gasteiger partial charge in [-0.3, -0.25) is 0 Å². The second-order valence-corrected chi connectivity index (χ2v) is 9.36. The number of hydrogen-bond donors (Lipinski definition) is 0. The first-order valence-electron chi connectivity index (χ1n) is 7.56. The summed E-state index contributed by atoms with van der Waals surface area (Å²) in [6, 6.07) is 6.68. The molecule has 0 amide bonds. The summed E-state index contributed by atoms with van der Waals surface area (Å²) in [5, 5.41) is 0. The molecule has 0 bridgehead atoms. The van der Waals surface area contributed by atoms with Gasteiger partial charge in [0.25, 0.3) is 0 Å². The SMILES string of the molecule is CC(=O)OI(OC(C)=O)c1ccccc1O[C@H](C)C(=O)OC(C)(C)C. The molecule has 140 valence electrons. The monoisotopic (exact) mass is 466 g/mol. The van der Waals surface area contributed by atoms with Crippen molar-refractivity contribution in [2.75, 3.05) is 0 Å². The fraction of sp³-hybridized carbons (Fsp3) is 0.471. The zero-order valence-corrected chi connectivity index (χ0v) is 17.3. The van der Waals surface area contributed by atoms with Crippen molar-refractivity contribution in [1.29, 1.82) is 0 Å². The van der Waals surface area contributed by atoms with Gasteiger partial charge in [0.1, 0.15) is 0 Å². The van der Waals surface area contributed by atoms with Crippen LogP contribution in [-0.2, 0) is 25.3 Å². The predicted octanol–water partition coefficient (Wildman–Crippen LogP) is 3.43. The van der Waals surface area contributed by atoms with Crippen LogP contribution in [0.1, 0.15) is 41.5 Å². The maximum atomic E-state index is 12.1. The Labute approximate surface area is 155 Å². The summed E-state index contributed by atoms with van der Waals surface area (Å²) in [5.74, 6) is -1.32. The summed E-state index contributed by atoms with van der Waals surface area (Å²) >= 11 is -3.06. The van der Waals surface area contributed by atoms with Gasteiger partial charge in [-0.25, -0.2) is 0 Å². The van der Waals surface area contributed by atoms with Crippen molar-refractivity contribution < 1.29 is 30.0 Å². The van der Waals surface area contributed by atoms with Crippen LogP contribution < -0.4 is 4.74 Å². The Morgan fingerprint density at radius 2 is 1.52 bits per heavy atom. The molecule has 0 spiro atoms. The molecule has 1 rings (SSSR count). The second kappa shape index (κ2) is 9.02. The molecule has 25 heavy (non-hydrogen) atoms. The number of ether oxygens (including phenoxy) is 2. The van der Waals surface area contributed by atoms with Crippen LogP contribution in [0, 0.1) is 3.57 Å². The fourth-order valence-corrected chi connectivity index (χ4v) is 4.52. The van der Waals surface area contributed by atoms with Gasteiger partial charge in [-0.05, 0) is 0 Å². The van der Waals surface area contributed by atoms with Gasteiger partial charge < -0.3 is 0 Å². The van der Waals surface area contributed by atoms with Gasteiger partial charge in [0, 0.05) is 0 Å². The first kappa shape index (κ1) is 21.2. The van der Waals surface area contributed by atoms with Crippen LogP contribution in [0.3, 0.4) is 0 Å². The number of carbonyl (C=O) groups is 3. The summed E-state index contributed by atoms with van der Waals surface area (Å²) in [4.78, 5) is 34.7. The Morgan fingerprint density at radius 3 is 2.00 bits per heavy atom. The molecule has 0 aliphatic carbocycles. The van der Waals surface area contributed by atoms with Gasteiger partial charge >= 0.3 is 155 Å². The molecule has 0 saturated heterocycles. The number of carbonyl (C=O) groups excluding carboxylic acids is 3. The van der Waals surface area contributed by atoms with E-state index in [1.54, 1.807) is 52.0 Å². The van der Waals surface area contributed by atoms with E-state index < -0.39 is 50.3 Å². The van der Waals surface area contributed by atoms with Crippen molar-refractivity contribution in [3.05, 3.63) is 27.8 Å². The van der Waals surface area contributed by atoms with Gasteiger partial charge in [0.15, 0.2) is 0 Å². The van der Waals surface area contributed by atoms with E-state index in [4.69, 9.17) is 15.6 Å². The third-order valence-electron chi connectivity index (χ3n) is 2.40. The Morgan fingerprint density at radius 1 is 1.00 bits per heavy atom. The van der Waals surface area contributed by atoms with Crippen LogP contribution in [0.2, 0.25) is 0 Å². The standard InChI is InChI=1S/C17H23IO7/c1-11(16(21)23-17(4,5)6)22-15-10-8-7-9-14(15)18(24-12(2)19)25-13(3)20/h7-11H,1-6H3/t11-/m1/s1. The van der Waals surface area contributed by atoms with Gasteiger partial charge in [-0.15, -0.1) is 0 Å². The van der Waals surface area contributed by atoms with E-state index in [1.165, 1.54) is 13.8 Å². The molecular formula is C17H23IO7. The molecule has 0 radical (unpaired) electrons. The van der Waals surface area contributed by atoms with E-state index in [2.05, 4.69) is 0 Å². The molecule has 0 aliphatic rings. The quantitative estimate of drug-likeness (QED) is 0.469. The van der Waals surface area contributed by atoms with Crippen molar-refractivity contribution in [2.45, 2.75) is 53.2 Å². The summed E-state index contributed by atoms with van der Waals surface area (Å²) in [6.45, 7) is 9.31. The number of benzene rings is 1. The molecule has 0 saturated carbocycles. The first-order chi connectivity index (χ1) is 11.5. The topological polar surface area (TPSA) is 88.1 Å². The van der Waals surface area contributed by atoms with Gasteiger partial charge in [0.2, 0.25) is 0 Å². The fourth-order valence-electron chi connectivity index (χ4n) is 1.59. The molecule has 0 heterocycles. The average molecular weight is 466 g/mol. The van der Waals surface area contributed by atoms with E-state index >= 15 is 0 Å². The average Bonchev–Trinajstić information content (AvgIpc) is 2.44. The van der Waals surface area contributed by atoms with Crippen LogP contribution in [-0.4, -0.2) is 29.6 Å². The van der Waals surface area contributed by atoms with Crippen LogP contribution in [0.5, 0.6) is 5.75 Å². The molecular weight excluding hydrogens is 443 g/mol. The Hall–Kier alpha value is -1.84. The summed E-state index contributed by atoms with van der Waals surface area (Å²) in [6.07, 6.45) is -0.882. The van der Waals surface area contributed by atoms with Crippen LogP contribution in [0.15, 0.2) is 24.3 Å². The van der Waals surface area contributed by atoms with Crippen LogP contribution in [0.4, 0.5) is 0 Å². The number of esters is 1. The van der Waals surface area contributed by atoms with E-state index in [9.17, 15) is 14.4 Å². The molecule has 1 aromatic rings. The molecule has 1 atom stereocenters. The number of hydrogen-bond acceptors (Lipinski definition) is 7. The first-order valence-corrected chi connectivity index (χ1v) is 10.4. The van der Waals surface area contributed by atoms with Gasteiger partial charge in [-0.2, -0.15) is 0 Å². The molecule has 7 nitrogen and oxygen atoms in total. The predicted molar refractivity (Wildman–Crippen MR) is 98.6 cm³/mol. The van der Waals surface area contributed by atoms with Crippen molar-refractivity contribution in [3.63, 3.8) is 0 Å². The van der Waals surface area contributed by atoms with Crippen molar-refractivity contribution >= 4 is 38.6 Å². The molecule has 0 N–H and O–H groups in total. The third-order valence-corrected chi connectivity index (χ3v) is 6.28. The summed E-state index contributed by atoms with van der Waals surface area (Å²) < 4.78 is 21.8. The van der Waals surface area contributed by atoms with Crippen LogP contribution >= 0.6 is 20.6 Å². The van der Waals surface area contributed by atoms with Crippen molar-refractivity contribution in [2.24, 2.45) is 0 Å². The Balaban J connectivity index is 3.02. The summed E-state index contributed by atoms with van der Waals surface area (Å²) in [5.41, 5.74) is -0.637. The Kier molecular flexibility index (Phi) is 7.65. The molecule has 0 aromatic heterocycles. The molecule has 0 fully saturated rings. The third kappa shape index (κ3) is 7.72. The minimum absolute atomic E-state index is 0.313. The second-order valence-electron chi connectivity index (χ2n) is 6.08. The molecule has 0 unspecified atom stereocenters. The van der Waals surface area contributed by atoms with Gasteiger partial charge in [0.05, 0.1) is 0 Å². The van der Waals surface area contributed by atoms with Crippen molar-refractivity contribution in [1.82, 2.24) is 0 Å². The van der Waals surface area contributed by atoms with Crippen molar-refractivity contribution in [3.8, 4) is 5.75 Å². The minimum atomic E-state index is -3.06. The zero-order chi connectivity index (χ0) is 19.2. The van der Waals surface area contributed by atoms with E-state index in [0.29, 0.717) is 9.32 Å². The molecule has 0 aliphatic heterocycles. The number of rotatable bonds is 6. The number of halogens is 1. The molecule has 8 heteroatoms. The van der Waals surface area contributed by atoms with E-state index in [-0.39, 0.29) is 0 Å². The normalized spacial score (nSPS) is 12.6. The summed E-state index contributed by atoms with van der Waals surface area (Å²) in [7, 11) is 0. The van der Waals surface area contributed by atoms with Gasteiger partial charge in [-0.1, -0.05) is 0 Å². The van der Waals surface area contributed by atoms with Crippen LogP contribution in [0.25, 0.3) is 0 Å².